The molecule has 138 valence electrons. The van der Waals surface area contributed by atoms with Crippen molar-refractivity contribution in [1.29, 1.82) is 0 Å². The number of benzene rings is 1. The van der Waals surface area contributed by atoms with Crippen molar-refractivity contribution in [2.24, 2.45) is 0 Å². The van der Waals surface area contributed by atoms with Crippen LogP contribution in [-0.4, -0.2) is 31.1 Å². The smallest absolute Gasteiger partial charge is 0.260 e. The van der Waals surface area contributed by atoms with Crippen molar-refractivity contribution in [3.63, 3.8) is 0 Å². The molecule has 3 N–H and O–H groups in total. The SMILES string of the molecule is CC(C)(C)c1ccc(C(=O)Nc2nc(O)c(O)c(-c3ccccn3)n2)cc1. The standard InChI is InChI=1S/C20H20N4O3/c1-20(2,3)13-9-7-12(8-10-13)17(26)23-19-22-15(16(25)18(27)24-19)14-6-4-5-11-21-14/h4-11,25H,1-3H3,(H2,22,23,24,26,27). The fourth-order valence-corrected chi connectivity index (χ4v) is 2.48. The van der Waals surface area contributed by atoms with Gasteiger partial charge in [0.05, 0.1) is 5.69 Å². The Morgan fingerprint density at radius 1 is 1.00 bits per heavy atom. The molecule has 0 aliphatic rings. The van der Waals surface area contributed by atoms with Gasteiger partial charge in [-0.1, -0.05) is 39.0 Å². The second-order valence-corrected chi connectivity index (χ2v) is 7.06. The minimum atomic E-state index is -0.635. The van der Waals surface area contributed by atoms with E-state index in [1.54, 1.807) is 30.3 Å². The first-order valence-electron chi connectivity index (χ1n) is 8.39. The average molecular weight is 364 g/mol. The Labute approximate surface area is 156 Å². The predicted octanol–water partition coefficient (Wildman–Crippen LogP) is 3.50. The number of pyridine rings is 1. The molecule has 1 amide bonds. The second kappa shape index (κ2) is 7.03. The molecular formula is C20H20N4O3. The molecule has 3 aromatic rings. The summed E-state index contributed by atoms with van der Waals surface area (Å²) < 4.78 is 0. The van der Waals surface area contributed by atoms with Crippen LogP contribution in [-0.2, 0) is 5.41 Å². The number of nitrogens with zero attached hydrogens (tertiary/aromatic N) is 3. The van der Waals surface area contributed by atoms with Crippen molar-refractivity contribution in [2.75, 3.05) is 5.32 Å². The summed E-state index contributed by atoms with van der Waals surface area (Å²) in [5, 5.41) is 22.4. The predicted molar refractivity (Wildman–Crippen MR) is 102 cm³/mol. The maximum absolute atomic E-state index is 12.5. The van der Waals surface area contributed by atoms with Gasteiger partial charge in [0.1, 0.15) is 5.69 Å². The monoisotopic (exact) mass is 364 g/mol. The molecule has 7 nitrogen and oxygen atoms in total. The summed E-state index contributed by atoms with van der Waals surface area (Å²) in [5.41, 5.74) is 1.89. The van der Waals surface area contributed by atoms with Gasteiger partial charge in [-0.15, -0.1) is 0 Å². The molecule has 0 bridgehead atoms. The molecule has 0 unspecified atom stereocenters. The van der Waals surface area contributed by atoms with Crippen molar-refractivity contribution in [2.45, 2.75) is 26.2 Å². The third-order valence-electron chi connectivity index (χ3n) is 4.01. The van der Waals surface area contributed by atoms with Crippen LogP contribution in [0.2, 0.25) is 0 Å². The molecule has 0 aliphatic heterocycles. The van der Waals surface area contributed by atoms with E-state index < -0.39 is 17.5 Å². The number of carbonyl (C=O) groups is 1. The van der Waals surface area contributed by atoms with E-state index in [2.05, 4.69) is 41.0 Å². The molecule has 0 aliphatic carbocycles. The zero-order chi connectivity index (χ0) is 19.6. The first kappa shape index (κ1) is 18.3. The van der Waals surface area contributed by atoms with Crippen LogP contribution in [0, 0.1) is 0 Å². The average Bonchev–Trinajstić information content (AvgIpc) is 2.64. The highest BCUT2D eigenvalue weighted by molar-refractivity contribution is 6.03. The van der Waals surface area contributed by atoms with Crippen LogP contribution in [0.25, 0.3) is 11.4 Å². The van der Waals surface area contributed by atoms with Crippen molar-refractivity contribution < 1.29 is 15.0 Å². The van der Waals surface area contributed by atoms with Gasteiger partial charge < -0.3 is 10.2 Å². The summed E-state index contributed by atoms with van der Waals surface area (Å²) in [5.74, 6) is -1.69. The van der Waals surface area contributed by atoms with Crippen LogP contribution in [0.3, 0.4) is 0 Å². The van der Waals surface area contributed by atoms with Gasteiger partial charge in [-0.3, -0.25) is 15.1 Å². The molecule has 0 atom stereocenters. The van der Waals surface area contributed by atoms with Crippen molar-refractivity contribution in [3.8, 4) is 23.0 Å². The van der Waals surface area contributed by atoms with Crippen LogP contribution < -0.4 is 5.32 Å². The lowest BCUT2D eigenvalue weighted by atomic mass is 9.87. The van der Waals surface area contributed by atoms with Crippen molar-refractivity contribution in [3.05, 3.63) is 59.8 Å². The first-order chi connectivity index (χ1) is 12.8. The van der Waals surface area contributed by atoms with Crippen LogP contribution in [0.4, 0.5) is 5.95 Å². The Bertz CT molecular complexity index is 965. The Hall–Kier alpha value is -3.48. The fraction of sp³-hybridized carbons (Fsp3) is 0.200. The van der Waals surface area contributed by atoms with E-state index in [0.717, 1.165) is 5.56 Å². The van der Waals surface area contributed by atoms with E-state index in [-0.39, 0.29) is 17.1 Å². The lowest BCUT2D eigenvalue weighted by Crippen LogP contribution is -2.16. The first-order valence-corrected chi connectivity index (χ1v) is 8.39. The van der Waals surface area contributed by atoms with Crippen LogP contribution in [0.1, 0.15) is 36.7 Å². The van der Waals surface area contributed by atoms with E-state index in [1.807, 2.05) is 12.1 Å². The Kier molecular flexibility index (Phi) is 4.77. The van der Waals surface area contributed by atoms with Gasteiger partial charge in [0, 0.05) is 11.8 Å². The summed E-state index contributed by atoms with van der Waals surface area (Å²) in [6, 6.07) is 12.3. The highest BCUT2D eigenvalue weighted by Gasteiger charge is 2.18. The summed E-state index contributed by atoms with van der Waals surface area (Å²) in [7, 11) is 0. The van der Waals surface area contributed by atoms with Crippen molar-refractivity contribution >= 4 is 11.9 Å². The van der Waals surface area contributed by atoms with Crippen LogP contribution in [0.15, 0.2) is 48.7 Å². The van der Waals surface area contributed by atoms with Gasteiger partial charge in [0.2, 0.25) is 11.7 Å². The van der Waals surface area contributed by atoms with Crippen molar-refractivity contribution in [1.82, 2.24) is 15.0 Å². The molecule has 7 heteroatoms. The second-order valence-electron chi connectivity index (χ2n) is 7.06. The molecule has 0 spiro atoms. The summed E-state index contributed by atoms with van der Waals surface area (Å²) in [6.45, 7) is 6.27. The third-order valence-corrected chi connectivity index (χ3v) is 4.01. The molecule has 2 aromatic heterocycles. The summed E-state index contributed by atoms with van der Waals surface area (Å²) >= 11 is 0. The van der Waals surface area contributed by atoms with E-state index in [0.29, 0.717) is 11.3 Å². The largest absolute Gasteiger partial charge is 0.502 e. The molecule has 27 heavy (non-hydrogen) atoms. The van der Waals surface area contributed by atoms with Gasteiger partial charge in [-0.25, -0.2) is 4.98 Å². The molecule has 0 saturated carbocycles. The zero-order valence-electron chi connectivity index (χ0n) is 15.3. The maximum atomic E-state index is 12.5. The number of anilines is 1. The molecular weight excluding hydrogens is 344 g/mol. The van der Waals surface area contributed by atoms with Gasteiger partial charge in [-0.05, 0) is 35.2 Å². The van der Waals surface area contributed by atoms with Gasteiger partial charge >= 0.3 is 0 Å². The molecule has 1 aromatic carbocycles. The lowest BCUT2D eigenvalue weighted by molar-refractivity contribution is 0.102. The number of amides is 1. The fourth-order valence-electron chi connectivity index (χ4n) is 2.48. The quantitative estimate of drug-likeness (QED) is 0.656. The van der Waals surface area contributed by atoms with Gasteiger partial charge in [0.15, 0.2) is 0 Å². The zero-order valence-corrected chi connectivity index (χ0v) is 15.3. The van der Waals surface area contributed by atoms with Gasteiger partial charge in [-0.2, -0.15) is 4.98 Å². The topological polar surface area (TPSA) is 108 Å². The van der Waals surface area contributed by atoms with Crippen LogP contribution in [0.5, 0.6) is 11.6 Å². The van der Waals surface area contributed by atoms with E-state index in [1.165, 1.54) is 6.20 Å². The molecule has 0 fully saturated rings. The van der Waals surface area contributed by atoms with E-state index in [4.69, 9.17) is 0 Å². The Morgan fingerprint density at radius 2 is 1.70 bits per heavy atom. The number of hydrogen-bond acceptors (Lipinski definition) is 6. The minimum Gasteiger partial charge on any atom is -0.502 e. The summed E-state index contributed by atoms with van der Waals surface area (Å²) in [6.07, 6.45) is 1.53. The van der Waals surface area contributed by atoms with E-state index in [9.17, 15) is 15.0 Å². The number of rotatable bonds is 3. The normalized spacial score (nSPS) is 11.2. The Morgan fingerprint density at radius 3 is 2.30 bits per heavy atom. The third kappa shape index (κ3) is 4.03. The van der Waals surface area contributed by atoms with Gasteiger partial charge in [0.25, 0.3) is 11.8 Å². The minimum absolute atomic E-state index is 0.0154. The number of carbonyl (C=O) groups excluding carboxylic acids is 1. The number of nitrogens with one attached hydrogen (secondary N) is 1. The van der Waals surface area contributed by atoms with Crippen LogP contribution >= 0.6 is 0 Å². The highest BCUT2D eigenvalue weighted by Crippen LogP contribution is 2.33. The highest BCUT2D eigenvalue weighted by atomic mass is 16.3. The van der Waals surface area contributed by atoms with E-state index >= 15 is 0 Å². The molecule has 3 rings (SSSR count). The Balaban J connectivity index is 1.87. The lowest BCUT2D eigenvalue weighted by Gasteiger charge is -2.19. The molecule has 2 heterocycles. The molecule has 0 radical (unpaired) electrons. The number of hydrogen-bond donors (Lipinski definition) is 3. The number of aromatic nitrogens is 3. The molecule has 0 saturated heterocycles. The maximum Gasteiger partial charge on any atom is 0.260 e. The number of aromatic hydroxyl groups is 2. The summed E-state index contributed by atoms with van der Waals surface area (Å²) in [4.78, 5) is 24.4.